The van der Waals surface area contributed by atoms with Crippen molar-refractivity contribution in [3.8, 4) is 0 Å². The normalized spacial score (nSPS) is 27.7. The molecule has 0 saturated carbocycles. The number of alkyl halides is 1. The van der Waals surface area contributed by atoms with Gasteiger partial charge in [0.05, 0.1) is 0 Å². The third kappa shape index (κ3) is 2.57. The van der Waals surface area contributed by atoms with Gasteiger partial charge >= 0.3 is 0 Å². The SMILES string of the molecule is CCC1CCNC(C(F)(CN)c2ccccc2)C1. The first-order valence-corrected chi connectivity index (χ1v) is 6.88. The Bertz CT molecular complexity index is 368. The summed E-state index contributed by atoms with van der Waals surface area (Å²) in [6, 6.07) is 9.17. The molecular formula is C15H23FN2. The lowest BCUT2D eigenvalue weighted by Gasteiger charge is -2.39. The maximum Gasteiger partial charge on any atom is 0.163 e. The van der Waals surface area contributed by atoms with E-state index in [2.05, 4.69) is 12.2 Å². The van der Waals surface area contributed by atoms with Gasteiger partial charge < -0.3 is 11.1 Å². The third-order valence-electron chi connectivity index (χ3n) is 4.19. The topological polar surface area (TPSA) is 38.0 Å². The molecular weight excluding hydrogens is 227 g/mol. The van der Waals surface area contributed by atoms with Gasteiger partial charge in [-0.15, -0.1) is 0 Å². The van der Waals surface area contributed by atoms with Gasteiger partial charge in [0, 0.05) is 12.6 Å². The highest BCUT2D eigenvalue weighted by Gasteiger charge is 2.41. The minimum Gasteiger partial charge on any atom is -0.327 e. The van der Waals surface area contributed by atoms with Gasteiger partial charge in [0.25, 0.3) is 0 Å². The van der Waals surface area contributed by atoms with Gasteiger partial charge in [0.1, 0.15) is 0 Å². The first-order chi connectivity index (χ1) is 8.70. The second-order valence-corrected chi connectivity index (χ2v) is 5.24. The molecule has 100 valence electrons. The van der Waals surface area contributed by atoms with E-state index in [4.69, 9.17) is 5.73 Å². The molecule has 3 atom stereocenters. The summed E-state index contributed by atoms with van der Waals surface area (Å²) in [7, 11) is 0. The largest absolute Gasteiger partial charge is 0.327 e. The van der Waals surface area contributed by atoms with Crippen LogP contribution < -0.4 is 11.1 Å². The Labute approximate surface area is 109 Å². The molecule has 0 amide bonds. The quantitative estimate of drug-likeness (QED) is 0.862. The molecule has 3 heteroatoms. The fourth-order valence-electron chi connectivity index (χ4n) is 2.89. The molecule has 1 aromatic rings. The lowest BCUT2D eigenvalue weighted by Crippen LogP contribution is -2.53. The number of benzene rings is 1. The Morgan fingerprint density at radius 1 is 1.39 bits per heavy atom. The van der Waals surface area contributed by atoms with Crippen molar-refractivity contribution >= 4 is 0 Å². The van der Waals surface area contributed by atoms with Crippen molar-refractivity contribution in [2.24, 2.45) is 11.7 Å². The second kappa shape index (κ2) is 5.81. The summed E-state index contributed by atoms with van der Waals surface area (Å²) in [5, 5.41) is 3.32. The molecule has 0 radical (unpaired) electrons. The Balaban J connectivity index is 2.21. The van der Waals surface area contributed by atoms with E-state index in [1.54, 1.807) is 0 Å². The molecule has 0 aliphatic carbocycles. The molecule has 1 heterocycles. The number of nitrogens with two attached hydrogens (primary N) is 1. The van der Waals surface area contributed by atoms with Crippen molar-refractivity contribution in [3.63, 3.8) is 0 Å². The lowest BCUT2D eigenvalue weighted by molar-refractivity contribution is 0.0787. The number of halogens is 1. The Kier molecular flexibility index (Phi) is 4.36. The summed E-state index contributed by atoms with van der Waals surface area (Å²) < 4.78 is 15.3. The van der Waals surface area contributed by atoms with Crippen LogP contribution >= 0.6 is 0 Å². The summed E-state index contributed by atoms with van der Waals surface area (Å²) in [6.45, 7) is 3.10. The van der Waals surface area contributed by atoms with Crippen molar-refractivity contribution < 1.29 is 4.39 Å². The molecule has 0 spiro atoms. The standard InChI is InChI=1S/C15H23FN2/c1-2-12-8-9-18-14(10-12)15(16,11-17)13-6-4-3-5-7-13/h3-7,12,14,18H,2,8-11,17H2,1H3. The molecule has 1 saturated heterocycles. The number of hydrogen-bond acceptors (Lipinski definition) is 2. The summed E-state index contributed by atoms with van der Waals surface area (Å²) >= 11 is 0. The Morgan fingerprint density at radius 2 is 2.11 bits per heavy atom. The molecule has 3 unspecified atom stereocenters. The van der Waals surface area contributed by atoms with Crippen molar-refractivity contribution in [1.82, 2.24) is 5.32 Å². The maximum absolute atomic E-state index is 15.3. The zero-order valence-corrected chi connectivity index (χ0v) is 11.0. The molecule has 1 aliphatic rings. The minimum absolute atomic E-state index is 0.0329. The van der Waals surface area contributed by atoms with Crippen LogP contribution in [-0.2, 0) is 5.67 Å². The highest BCUT2D eigenvalue weighted by molar-refractivity contribution is 5.25. The first-order valence-electron chi connectivity index (χ1n) is 6.88. The predicted octanol–water partition coefficient (Wildman–Crippen LogP) is 2.59. The van der Waals surface area contributed by atoms with Crippen LogP contribution in [-0.4, -0.2) is 19.1 Å². The minimum atomic E-state index is -1.45. The van der Waals surface area contributed by atoms with E-state index >= 15 is 4.39 Å². The maximum atomic E-state index is 15.3. The van der Waals surface area contributed by atoms with E-state index in [1.165, 1.54) is 0 Å². The monoisotopic (exact) mass is 250 g/mol. The summed E-state index contributed by atoms with van der Waals surface area (Å²) in [5.74, 6) is 0.613. The van der Waals surface area contributed by atoms with E-state index in [-0.39, 0.29) is 12.6 Å². The van der Waals surface area contributed by atoms with Crippen LogP contribution in [0.15, 0.2) is 30.3 Å². The predicted molar refractivity (Wildman–Crippen MR) is 73.1 cm³/mol. The van der Waals surface area contributed by atoms with Crippen LogP contribution in [0.1, 0.15) is 31.7 Å². The summed E-state index contributed by atoms with van der Waals surface area (Å²) in [5.41, 5.74) is 4.99. The number of hydrogen-bond donors (Lipinski definition) is 2. The molecule has 0 bridgehead atoms. The Hall–Kier alpha value is -0.930. The van der Waals surface area contributed by atoms with Crippen LogP contribution in [0, 0.1) is 5.92 Å². The number of piperidine rings is 1. The van der Waals surface area contributed by atoms with Crippen LogP contribution in [0.4, 0.5) is 4.39 Å². The van der Waals surface area contributed by atoms with Gasteiger partial charge in [-0.25, -0.2) is 4.39 Å². The van der Waals surface area contributed by atoms with Gasteiger partial charge in [-0.3, -0.25) is 0 Å². The highest BCUT2D eigenvalue weighted by atomic mass is 19.1. The highest BCUT2D eigenvalue weighted by Crippen LogP contribution is 2.35. The van der Waals surface area contributed by atoms with E-state index in [9.17, 15) is 0 Å². The van der Waals surface area contributed by atoms with E-state index < -0.39 is 5.67 Å². The third-order valence-corrected chi connectivity index (χ3v) is 4.19. The number of nitrogens with one attached hydrogen (secondary N) is 1. The zero-order chi connectivity index (χ0) is 13.0. The lowest BCUT2D eigenvalue weighted by atomic mass is 9.79. The van der Waals surface area contributed by atoms with Crippen LogP contribution in [0.3, 0.4) is 0 Å². The average Bonchev–Trinajstić information content (AvgIpc) is 2.47. The zero-order valence-electron chi connectivity index (χ0n) is 11.0. The van der Waals surface area contributed by atoms with Crippen LogP contribution in [0.25, 0.3) is 0 Å². The van der Waals surface area contributed by atoms with Crippen molar-refractivity contribution in [1.29, 1.82) is 0 Å². The van der Waals surface area contributed by atoms with Crippen LogP contribution in [0.5, 0.6) is 0 Å². The van der Waals surface area contributed by atoms with Crippen molar-refractivity contribution in [2.45, 2.75) is 37.9 Å². The molecule has 2 rings (SSSR count). The molecule has 1 aromatic carbocycles. The van der Waals surface area contributed by atoms with Crippen LogP contribution in [0.2, 0.25) is 0 Å². The van der Waals surface area contributed by atoms with E-state index in [1.807, 2.05) is 30.3 Å². The molecule has 0 aromatic heterocycles. The summed E-state index contributed by atoms with van der Waals surface area (Å²) in [4.78, 5) is 0. The second-order valence-electron chi connectivity index (χ2n) is 5.24. The first kappa shape index (κ1) is 13.5. The van der Waals surface area contributed by atoms with Gasteiger partial charge in [0.2, 0.25) is 0 Å². The molecule has 1 fully saturated rings. The molecule has 1 aliphatic heterocycles. The summed E-state index contributed by atoms with van der Waals surface area (Å²) in [6.07, 6.45) is 3.13. The number of rotatable bonds is 4. The smallest absolute Gasteiger partial charge is 0.163 e. The van der Waals surface area contributed by atoms with E-state index in [0.29, 0.717) is 11.5 Å². The van der Waals surface area contributed by atoms with Crippen molar-refractivity contribution in [2.75, 3.05) is 13.1 Å². The van der Waals surface area contributed by atoms with Crippen molar-refractivity contribution in [3.05, 3.63) is 35.9 Å². The molecule has 3 N–H and O–H groups in total. The van der Waals surface area contributed by atoms with Gasteiger partial charge in [0.15, 0.2) is 5.67 Å². The van der Waals surface area contributed by atoms with E-state index in [0.717, 1.165) is 25.8 Å². The average molecular weight is 250 g/mol. The van der Waals surface area contributed by atoms with Gasteiger partial charge in [-0.1, -0.05) is 43.7 Å². The molecule has 2 nitrogen and oxygen atoms in total. The van der Waals surface area contributed by atoms with Gasteiger partial charge in [-0.2, -0.15) is 0 Å². The fraction of sp³-hybridized carbons (Fsp3) is 0.600. The molecule has 18 heavy (non-hydrogen) atoms. The fourth-order valence-corrected chi connectivity index (χ4v) is 2.89. The Morgan fingerprint density at radius 3 is 2.72 bits per heavy atom. The van der Waals surface area contributed by atoms with Gasteiger partial charge in [-0.05, 0) is 30.9 Å².